The van der Waals surface area contributed by atoms with Gasteiger partial charge in [-0.05, 0) is 43.0 Å². The Hall–Kier alpha value is -1.81. The van der Waals surface area contributed by atoms with Crippen LogP contribution in [0.25, 0.3) is 0 Å². The van der Waals surface area contributed by atoms with Gasteiger partial charge in [-0.3, -0.25) is 4.79 Å². The number of nitrogens with two attached hydrogens (primary N) is 1. The lowest BCUT2D eigenvalue weighted by Gasteiger charge is -2.11. The van der Waals surface area contributed by atoms with Crippen LogP contribution in [-0.4, -0.2) is 12.4 Å². The minimum Gasteiger partial charge on any atom is -0.493 e. The lowest BCUT2D eigenvalue weighted by molar-refractivity contribution is 0.103. The second kappa shape index (κ2) is 5.23. The van der Waals surface area contributed by atoms with Gasteiger partial charge in [0.25, 0.3) is 0 Å². The predicted molar refractivity (Wildman–Crippen MR) is 74.5 cm³/mol. The SMILES string of the molecule is CCOc1cccc(N)c1C(=O)c1sccc1C. The van der Waals surface area contributed by atoms with Gasteiger partial charge >= 0.3 is 0 Å². The number of hydrogen-bond donors (Lipinski definition) is 1. The van der Waals surface area contributed by atoms with Gasteiger partial charge in [-0.2, -0.15) is 0 Å². The minimum atomic E-state index is -0.0657. The lowest BCUT2D eigenvalue weighted by Crippen LogP contribution is -2.08. The molecule has 2 rings (SSSR count). The number of rotatable bonds is 4. The summed E-state index contributed by atoms with van der Waals surface area (Å²) >= 11 is 1.43. The van der Waals surface area contributed by atoms with Crippen LogP contribution in [-0.2, 0) is 0 Å². The number of ketones is 1. The molecule has 0 aliphatic heterocycles. The van der Waals surface area contributed by atoms with Crippen LogP contribution in [0.3, 0.4) is 0 Å². The Morgan fingerprint density at radius 2 is 2.17 bits per heavy atom. The molecule has 0 unspecified atom stereocenters. The van der Waals surface area contributed by atoms with Crippen LogP contribution >= 0.6 is 11.3 Å². The summed E-state index contributed by atoms with van der Waals surface area (Å²) in [6.45, 7) is 4.31. The zero-order chi connectivity index (χ0) is 13.1. The number of ether oxygens (including phenoxy) is 1. The van der Waals surface area contributed by atoms with Crippen molar-refractivity contribution < 1.29 is 9.53 Å². The van der Waals surface area contributed by atoms with Crippen molar-refractivity contribution >= 4 is 22.8 Å². The van der Waals surface area contributed by atoms with E-state index < -0.39 is 0 Å². The van der Waals surface area contributed by atoms with Crippen molar-refractivity contribution in [3.05, 3.63) is 45.6 Å². The molecule has 0 bridgehead atoms. The number of nitrogen functional groups attached to an aromatic ring is 1. The first-order valence-electron chi connectivity index (χ1n) is 5.75. The van der Waals surface area contributed by atoms with Crippen LogP contribution in [0.4, 0.5) is 5.69 Å². The molecule has 0 aliphatic carbocycles. The number of carbonyl (C=O) groups excluding carboxylic acids is 1. The van der Waals surface area contributed by atoms with Gasteiger partial charge in [0.05, 0.1) is 17.0 Å². The molecule has 0 amide bonds. The molecule has 0 saturated carbocycles. The van der Waals surface area contributed by atoms with Gasteiger partial charge in [0, 0.05) is 5.69 Å². The summed E-state index contributed by atoms with van der Waals surface area (Å²) in [5.41, 5.74) is 7.80. The fourth-order valence-corrected chi connectivity index (χ4v) is 2.66. The number of thiophene rings is 1. The molecule has 0 fully saturated rings. The molecule has 4 heteroatoms. The molecule has 0 aliphatic rings. The van der Waals surface area contributed by atoms with Gasteiger partial charge in [0.2, 0.25) is 5.78 Å². The summed E-state index contributed by atoms with van der Waals surface area (Å²) in [7, 11) is 0. The number of anilines is 1. The minimum absolute atomic E-state index is 0.0657. The van der Waals surface area contributed by atoms with E-state index in [1.807, 2.05) is 25.3 Å². The van der Waals surface area contributed by atoms with Gasteiger partial charge in [-0.25, -0.2) is 0 Å². The molecular weight excluding hydrogens is 246 g/mol. The Kier molecular flexibility index (Phi) is 3.67. The monoisotopic (exact) mass is 261 g/mol. The Morgan fingerprint density at radius 1 is 1.39 bits per heavy atom. The van der Waals surface area contributed by atoms with Gasteiger partial charge in [-0.15, -0.1) is 11.3 Å². The quantitative estimate of drug-likeness (QED) is 0.679. The highest BCUT2D eigenvalue weighted by atomic mass is 32.1. The van der Waals surface area contributed by atoms with Crippen LogP contribution in [0.5, 0.6) is 5.75 Å². The summed E-state index contributed by atoms with van der Waals surface area (Å²) in [6, 6.07) is 7.21. The third-order valence-electron chi connectivity index (χ3n) is 2.65. The van der Waals surface area contributed by atoms with Crippen LogP contribution in [0.1, 0.15) is 27.7 Å². The second-order valence-electron chi connectivity index (χ2n) is 3.92. The smallest absolute Gasteiger partial charge is 0.209 e. The number of carbonyl (C=O) groups is 1. The number of aryl methyl sites for hydroxylation is 1. The highest BCUT2D eigenvalue weighted by molar-refractivity contribution is 7.12. The zero-order valence-electron chi connectivity index (χ0n) is 10.4. The number of benzene rings is 1. The van der Waals surface area contributed by atoms with Crippen molar-refractivity contribution in [3.63, 3.8) is 0 Å². The van der Waals surface area contributed by atoms with Gasteiger partial charge in [-0.1, -0.05) is 6.07 Å². The van der Waals surface area contributed by atoms with E-state index in [1.165, 1.54) is 11.3 Å². The van der Waals surface area contributed by atoms with E-state index in [0.717, 1.165) is 5.56 Å². The molecule has 0 atom stereocenters. The first kappa shape index (κ1) is 12.6. The Bertz CT molecular complexity index is 575. The van der Waals surface area contributed by atoms with E-state index in [0.29, 0.717) is 28.5 Å². The first-order chi connectivity index (χ1) is 8.65. The van der Waals surface area contributed by atoms with Crippen LogP contribution < -0.4 is 10.5 Å². The van der Waals surface area contributed by atoms with Crippen LogP contribution in [0.2, 0.25) is 0 Å². The lowest BCUT2D eigenvalue weighted by atomic mass is 10.0. The Morgan fingerprint density at radius 3 is 2.78 bits per heavy atom. The molecule has 1 heterocycles. The summed E-state index contributed by atoms with van der Waals surface area (Å²) in [5, 5.41) is 1.90. The molecule has 94 valence electrons. The third-order valence-corrected chi connectivity index (χ3v) is 3.67. The first-order valence-corrected chi connectivity index (χ1v) is 6.63. The molecule has 2 aromatic rings. The van der Waals surface area contributed by atoms with Gasteiger partial charge < -0.3 is 10.5 Å². The highest BCUT2D eigenvalue weighted by Crippen LogP contribution is 2.30. The van der Waals surface area contributed by atoms with E-state index in [4.69, 9.17) is 10.5 Å². The third kappa shape index (κ3) is 2.24. The van der Waals surface area contributed by atoms with E-state index in [1.54, 1.807) is 18.2 Å². The maximum Gasteiger partial charge on any atom is 0.209 e. The molecule has 18 heavy (non-hydrogen) atoms. The van der Waals surface area contributed by atoms with E-state index in [2.05, 4.69) is 0 Å². The summed E-state index contributed by atoms with van der Waals surface area (Å²) in [6.07, 6.45) is 0. The standard InChI is InChI=1S/C14H15NO2S/c1-3-17-11-6-4-5-10(15)12(11)13(16)14-9(2)7-8-18-14/h4-8H,3,15H2,1-2H3. The maximum absolute atomic E-state index is 12.5. The van der Waals surface area contributed by atoms with Crippen molar-refractivity contribution in [2.24, 2.45) is 0 Å². The Labute approximate surface area is 110 Å². The molecule has 1 aromatic carbocycles. The fourth-order valence-electron chi connectivity index (χ4n) is 1.79. The summed E-state index contributed by atoms with van der Waals surface area (Å²) < 4.78 is 5.48. The van der Waals surface area contributed by atoms with E-state index in [9.17, 15) is 4.79 Å². The molecule has 0 radical (unpaired) electrons. The molecule has 0 spiro atoms. The van der Waals surface area contributed by atoms with E-state index >= 15 is 0 Å². The summed E-state index contributed by atoms with van der Waals surface area (Å²) in [5.74, 6) is 0.486. The molecule has 1 aromatic heterocycles. The zero-order valence-corrected chi connectivity index (χ0v) is 11.2. The fraction of sp³-hybridized carbons (Fsp3) is 0.214. The van der Waals surface area contributed by atoms with Gasteiger partial charge in [0.1, 0.15) is 5.75 Å². The summed E-state index contributed by atoms with van der Waals surface area (Å²) in [4.78, 5) is 13.2. The molecular formula is C14H15NO2S. The van der Waals surface area contributed by atoms with Crippen LogP contribution in [0.15, 0.2) is 29.6 Å². The maximum atomic E-state index is 12.5. The average molecular weight is 261 g/mol. The molecule has 3 nitrogen and oxygen atoms in total. The van der Waals surface area contributed by atoms with Crippen molar-refractivity contribution in [2.75, 3.05) is 12.3 Å². The normalized spacial score (nSPS) is 10.3. The highest BCUT2D eigenvalue weighted by Gasteiger charge is 2.20. The molecule has 2 N–H and O–H groups in total. The number of hydrogen-bond acceptors (Lipinski definition) is 4. The van der Waals surface area contributed by atoms with Crippen LogP contribution in [0, 0.1) is 6.92 Å². The van der Waals surface area contributed by atoms with Crippen molar-refractivity contribution in [1.29, 1.82) is 0 Å². The van der Waals surface area contributed by atoms with Crippen molar-refractivity contribution in [2.45, 2.75) is 13.8 Å². The largest absolute Gasteiger partial charge is 0.493 e. The van der Waals surface area contributed by atoms with E-state index in [-0.39, 0.29) is 5.78 Å². The van der Waals surface area contributed by atoms with Crippen molar-refractivity contribution in [1.82, 2.24) is 0 Å². The topological polar surface area (TPSA) is 52.3 Å². The Balaban J connectivity index is 2.50. The van der Waals surface area contributed by atoms with Gasteiger partial charge in [0.15, 0.2) is 0 Å². The average Bonchev–Trinajstić information content (AvgIpc) is 2.75. The van der Waals surface area contributed by atoms with Crippen molar-refractivity contribution in [3.8, 4) is 5.75 Å². The predicted octanol–water partition coefficient (Wildman–Crippen LogP) is 3.27. The second-order valence-corrected chi connectivity index (χ2v) is 4.83. The molecule has 0 saturated heterocycles.